The molecule has 0 unspecified atom stereocenters. The quantitative estimate of drug-likeness (QED) is 0.571. The van der Waals surface area contributed by atoms with Crippen LogP contribution in [0.1, 0.15) is 19.8 Å². The lowest BCUT2D eigenvalue weighted by Gasteiger charge is -2.07. The summed E-state index contributed by atoms with van der Waals surface area (Å²) in [4.78, 5) is 11.4. The molecule has 16 heavy (non-hydrogen) atoms. The van der Waals surface area contributed by atoms with Gasteiger partial charge in [0.05, 0.1) is 11.4 Å². The Morgan fingerprint density at radius 3 is 2.88 bits per heavy atom. The molecular formula is C12H18N2O2. The van der Waals surface area contributed by atoms with Gasteiger partial charge in [0.2, 0.25) is 5.91 Å². The molecule has 0 bridgehead atoms. The maximum Gasteiger partial charge on any atom is 0.250 e. The average Bonchev–Trinajstić information content (AvgIpc) is 2.28. The van der Waals surface area contributed by atoms with Gasteiger partial charge in [0.15, 0.2) is 0 Å². The summed E-state index contributed by atoms with van der Waals surface area (Å²) in [5.74, 6) is -0.172. The Morgan fingerprint density at radius 2 is 2.19 bits per heavy atom. The molecule has 0 spiro atoms. The number of amides is 1. The topological polar surface area (TPSA) is 64.3 Å². The van der Waals surface area contributed by atoms with Crippen LogP contribution >= 0.6 is 0 Å². The van der Waals surface area contributed by atoms with E-state index in [-0.39, 0.29) is 12.5 Å². The van der Waals surface area contributed by atoms with Crippen LogP contribution in [-0.4, -0.2) is 19.1 Å². The highest BCUT2D eigenvalue weighted by molar-refractivity contribution is 5.94. The first-order valence-corrected chi connectivity index (χ1v) is 5.46. The van der Waals surface area contributed by atoms with Crippen LogP contribution < -0.4 is 11.1 Å². The van der Waals surface area contributed by atoms with Crippen molar-refractivity contribution < 1.29 is 9.53 Å². The lowest BCUT2D eigenvalue weighted by Crippen LogP contribution is -2.19. The molecule has 0 atom stereocenters. The molecule has 88 valence electrons. The Bertz CT molecular complexity index is 340. The molecule has 0 saturated heterocycles. The second kappa shape index (κ2) is 6.85. The number of nitrogens with two attached hydrogens (primary N) is 1. The number of nitrogens with one attached hydrogen (secondary N) is 1. The summed E-state index contributed by atoms with van der Waals surface area (Å²) in [6.45, 7) is 2.77. The summed E-state index contributed by atoms with van der Waals surface area (Å²) >= 11 is 0. The van der Waals surface area contributed by atoms with Crippen LogP contribution in [-0.2, 0) is 9.53 Å². The van der Waals surface area contributed by atoms with Gasteiger partial charge in [-0.25, -0.2) is 0 Å². The Kier molecular flexibility index (Phi) is 5.36. The van der Waals surface area contributed by atoms with E-state index in [9.17, 15) is 4.79 Å². The molecule has 0 fully saturated rings. The number of anilines is 2. The van der Waals surface area contributed by atoms with Crippen LogP contribution in [0.3, 0.4) is 0 Å². The molecule has 4 heteroatoms. The van der Waals surface area contributed by atoms with Crippen molar-refractivity contribution in [2.75, 3.05) is 24.3 Å². The van der Waals surface area contributed by atoms with E-state index in [4.69, 9.17) is 10.5 Å². The molecule has 3 N–H and O–H groups in total. The first-order valence-electron chi connectivity index (χ1n) is 5.46. The van der Waals surface area contributed by atoms with Crippen LogP contribution in [0.4, 0.5) is 11.4 Å². The molecule has 1 amide bonds. The summed E-state index contributed by atoms with van der Waals surface area (Å²) in [5.41, 5.74) is 6.88. The Hall–Kier alpha value is -1.55. The summed E-state index contributed by atoms with van der Waals surface area (Å²) < 4.78 is 5.20. The highest BCUT2D eigenvalue weighted by Crippen LogP contribution is 2.16. The number of benzene rings is 1. The van der Waals surface area contributed by atoms with Crippen LogP contribution in [0, 0.1) is 0 Å². The summed E-state index contributed by atoms with van der Waals surface area (Å²) in [6.07, 6.45) is 2.04. The van der Waals surface area contributed by atoms with Crippen molar-refractivity contribution in [3.63, 3.8) is 0 Å². The number of hydrogen-bond donors (Lipinski definition) is 2. The predicted molar refractivity (Wildman–Crippen MR) is 65.2 cm³/mol. The van der Waals surface area contributed by atoms with Gasteiger partial charge in [-0.2, -0.15) is 0 Å². The summed E-state index contributed by atoms with van der Waals surface area (Å²) in [5, 5.41) is 2.70. The molecule has 0 saturated carbocycles. The van der Waals surface area contributed by atoms with E-state index in [1.165, 1.54) is 0 Å². The second-order valence-corrected chi connectivity index (χ2v) is 3.54. The molecular weight excluding hydrogens is 204 g/mol. The minimum Gasteiger partial charge on any atom is -0.397 e. The van der Waals surface area contributed by atoms with E-state index in [0.717, 1.165) is 12.8 Å². The van der Waals surface area contributed by atoms with Crippen LogP contribution in [0.5, 0.6) is 0 Å². The molecule has 1 rings (SSSR count). The number of para-hydroxylation sites is 2. The molecule has 4 nitrogen and oxygen atoms in total. The zero-order valence-corrected chi connectivity index (χ0v) is 9.53. The molecule has 1 aromatic carbocycles. The van der Waals surface area contributed by atoms with Gasteiger partial charge < -0.3 is 15.8 Å². The van der Waals surface area contributed by atoms with E-state index in [1.807, 2.05) is 12.1 Å². The lowest BCUT2D eigenvalue weighted by atomic mass is 10.3. The van der Waals surface area contributed by atoms with E-state index >= 15 is 0 Å². The Balaban J connectivity index is 2.32. The fraction of sp³-hybridized carbons (Fsp3) is 0.417. The first kappa shape index (κ1) is 12.5. The third-order valence-corrected chi connectivity index (χ3v) is 2.11. The van der Waals surface area contributed by atoms with Gasteiger partial charge in [-0.1, -0.05) is 25.5 Å². The number of nitrogen functional groups attached to an aromatic ring is 1. The average molecular weight is 222 g/mol. The SMILES string of the molecule is CCCCOCC(=O)Nc1ccccc1N. The van der Waals surface area contributed by atoms with E-state index in [0.29, 0.717) is 18.0 Å². The zero-order chi connectivity index (χ0) is 11.8. The second-order valence-electron chi connectivity index (χ2n) is 3.54. The highest BCUT2D eigenvalue weighted by Gasteiger charge is 2.04. The maximum atomic E-state index is 11.4. The number of carbonyl (C=O) groups is 1. The zero-order valence-electron chi connectivity index (χ0n) is 9.53. The van der Waals surface area contributed by atoms with Crippen molar-refractivity contribution in [3.8, 4) is 0 Å². The Labute approximate surface area is 95.8 Å². The van der Waals surface area contributed by atoms with E-state index < -0.39 is 0 Å². The van der Waals surface area contributed by atoms with Gasteiger partial charge in [-0.05, 0) is 18.6 Å². The largest absolute Gasteiger partial charge is 0.397 e. The summed E-state index contributed by atoms with van der Waals surface area (Å²) in [6, 6.07) is 7.15. The molecule has 0 aliphatic heterocycles. The van der Waals surface area contributed by atoms with E-state index in [2.05, 4.69) is 12.2 Å². The van der Waals surface area contributed by atoms with Gasteiger partial charge >= 0.3 is 0 Å². The molecule has 0 aliphatic carbocycles. The number of carbonyl (C=O) groups excluding carboxylic acids is 1. The number of hydrogen-bond acceptors (Lipinski definition) is 3. The minimum atomic E-state index is -0.172. The molecule has 1 aromatic rings. The Morgan fingerprint density at radius 1 is 1.44 bits per heavy atom. The fourth-order valence-electron chi connectivity index (χ4n) is 1.21. The number of rotatable bonds is 6. The third kappa shape index (κ3) is 4.31. The number of unbranched alkanes of at least 4 members (excludes halogenated alkanes) is 1. The predicted octanol–water partition coefficient (Wildman–Crippen LogP) is 2.02. The maximum absolute atomic E-state index is 11.4. The standard InChI is InChI=1S/C12H18N2O2/c1-2-3-8-16-9-12(15)14-11-7-5-4-6-10(11)13/h4-7H,2-3,8-9,13H2,1H3,(H,14,15). The minimum absolute atomic E-state index is 0.0777. The molecule has 0 radical (unpaired) electrons. The van der Waals surface area contributed by atoms with Crippen LogP contribution in [0.15, 0.2) is 24.3 Å². The van der Waals surface area contributed by atoms with Crippen molar-refractivity contribution in [2.45, 2.75) is 19.8 Å². The normalized spacial score (nSPS) is 10.1. The van der Waals surface area contributed by atoms with Gasteiger partial charge in [0.25, 0.3) is 0 Å². The van der Waals surface area contributed by atoms with Gasteiger partial charge in [-0.3, -0.25) is 4.79 Å². The molecule has 0 aromatic heterocycles. The summed E-state index contributed by atoms with van der Waals surface area (Å²) in [7, 11) is 0. The highest BCUT2D eigenvalue weighted by atomic mass is 16.5. The van der Waals surface area contributed by atoms with Crippen molar-refractivity contribution in [2.24, 2.45) is 0 Å². The van der Waals surface area contributed by atoms with Crippen molar-refractivity contribution in [1.82, 2.24) is 0 Å². The molecule has 0 aliphatic rings. The van der Waals surface area contributed by atoms with Gasteiger partial charge in [-0.15, -0.1) is 0 Å². The van der Waals surface area contributed by atoms with E-state index in [1.54, 1.807) is 12.1 Å². The van der Waals surface area contributed by atoms with Crippen LogP contribution in [0.25, 0.3) is 0 Å². The van der Waals surface area contributed by atoms with Crippen molar-refractivity contribution in [3.05, 3.63) is 24.3 Å². The van der Waals surface area contributed by atoms with Gasteiger partial charge in [0.1, 0.15) is 6.61 Å². The third-order valence-electron chi connectivity index (χ3n) is 2.11. The van der Waals surface area contributed by atoms with Crippen molar-refractivity contribution in [1.29, 1.82) is 0 Å². The smallest absolute Gasteiger partial charge is 0.250 e. The van der Waals surface area contributed by atoms with Crippen molar-refractivity contribution >= 4 is 17.3 Å². The van der Waals surface area contributed by atoms with Crippen LogP contribution in [0.2, 0.25) is 0 Å². The lowest BCUT2D eigenvalue weighted by molar-refractivity contribution is -0.120. The number of ether oxygens (including phenoxy) is 1. The van der Waals surface area contributed by atoms with Gasteiger partial charge in [0, 0.05) is 6.61 Å². The monoisotopic (exact) mass is 222 g/mol. The molecule has 0 heterocycles. The first-order chi connectivity index (χ1) is 7.74. The fourth-order valence-corrected chi connectivity index (χ4v) is 1.21.